The average Bonchev–Trinajstić information content (AvgIpc) is 2.60. The Hall–Kier alpha value is -0.150. The molecule has 82 valence electrons. The van der Waals surface area contributed by atoms with Crippen LogP contribution < -0.4 is 0 Å². The van der Waals surface area contributed by atoms with Crippen molar-refractivity contribution in [2.75, 3.05) is 26.3 Å². The Kier molecular flexibility index (Phi) is 3.07. The Morgan fingerprint density at radius 2 is 2.43 bits per heavy atom. The Labute approximate surface area is 85.4 Å². The normalized spacial score (nSPS) is 37.7. The first-order valence-corrected chi connectivity index (χ1v) is 5.74. The molecule has 0 aromatic heterocycles. The fourth-order valence-electron chi connectivity index (χ4n) is 2.86. The Morgan fingerprint density at radius 3 is 3.21 bits per heavy atom. The Bertz CT molecular complexity index is 200. The molecule has 0 radical (unpaired) electrons. The van der Waals surface area contributed by atoms with E-state index in [9.17, 15) is 4.39 Å². The molecule has 0 unspecified atom stereocenters. The molecule has 2 fully saturated rings. The second-order valence-electron chi connectivity index (χ2n) is 4.63. The van der Waals surface area contributed by atoms with Crippen molar-refractivity contribution in [3.8, 4) is 0 Å². The van der Waals surface area contributed by atoms with Gasteiger partial charge in [-0.25, -0.2) is 4.39 Å². The maximum Gasteiger partial charge on any atom is 0.115 e. The van der Waals surface area contributed by atoms with Crippen LogP contribution in [0.15, 0.2) is 0 Å². The van der Waals surface area contributed by atoms with Gasteiger partial charge in [-0.2, -0.15) is 0 Å². The zero-order valence-electron chi connectivity index (χ0n) is 8.97. The first-order valence-electron chi connectivity index (χ1n) is 5.74. The molecule has 0 bridgehead atoms. The predicted octanol–water partition coefficient (Wildman–Crippen LogP) is 1.99. The van der Waals surface area contributed by atoms with Crippen molar-refractivity contribution in [2.45, 2.75) is 44.3 Å². The van der Waals surface area contributed by atoms with Gasteiger partial charge in [0.05, 0.1) is 6.61 Å². The fourth-order valence-corrected chi connectivity index (χ4v) is 2.86. The number of alkyl halides is 1. The molecule has 2 aliphatic rings. The predicted molar refractivity (Wildman–Crippen MR) is 54.2 cm³/mol. The number of hydrogen-bond donors (Lipinski definition) is 0. The van der Waals surface area contributed by atoms with Crippen LogP contribution in [0, 0.1) is 0 Å². The van der Waals surface area contributed by atoms with E-state index in [0.29, 0.717) is 13.0 Å². The minimum absolute atomic E-state index is 0.0641. The Balaban J connectivity index is 1.91. The lowest BCUT2D eigenvalue weighted by molar-refractivity contribution is 0.0354. The number of fused-ring (bicyclic) bond motifs is 1. The minimum atomic E-state index is -0.625. The Morgan fingerprint density at radius 1 is 1.57 bits per heavy atom. The van der Waals surface area contributed by atoms with Gasteiger partial charge in [0, 0.05) is 25.1 Å². The number of rotatable bonds is 4. The molecule has 0 aliphatic carbocycles. The lowest BCUT2D eigenvalue weighted by Gasteiger charge is -2.31. The quantitative estimate of drug-likeness (QED) is 0.645. The minimum Gasteiger partial charge on any atom is -0.380 e. The molecule has 2 saturated heterocycles. The molecule has 0 N–H and O–H groups in total. The topological polar surface area (TPSA) is 12.5 Å². The van der Waals surface area contributed by atoms with Crippen molar-refractivity contribution in [1.29, 1.82) is 0 Å². The highest BCUT2D eigenvalue weighted by molar-refractivity contribution is 5.03. The largest absolute Gasteiger partial charge is 0.380 e. The van der Waals surface area contributed by atoms with Crippen LogP contribution in [-0.2, 0) is 4.74 Å². The summed E-state index contributed by atoms with van der Waals surface area (Å²) < 4.78 is 18.9. The standard InChI is InChI=1S/C11H20FNO/c1-2-6-14-9-11-4-3-5-13(11)8-10(12)7-11/h10H,2-9H2,1H3/t10-,11-/m0/s1. The van der Waals surface area contributed by atoms with E-state index in [-0.39, 0.29) is 5.54 Å². The van der Waals surface area contributed by atoms with Crippen molar-refractivity contribution in [2.24, 2.45) is 0 Å². The molecule has 0 saturated carbocycles. The third-order valence-electron chi connectivity index (χ3n) is 3.48. The summed E-state index contributed by atoms with van der Waals surface area (Å²) in [6, 6.07) is 0. The van der Waals surface area contributed by atoms with Gasteiger partial charge < -0.3 is 4.74 Å². The average molecular weight is 201 g/mol. The molecule has 0 amide bonds. The second kappa shape index (κ2) is 4.15. The second-order valence-corrected chi connectivity index (χ2v) is 4.63. The van der Waals surface area contributed by atoms with E-state index in [1.807, 2.05) is 0 Å². The van der Waals surface area contributed by atoms with Gasteiger partial charge in [0.1, 0.15) is 6.17 Å². The lowest BCUT2D eigenvalue weighted by Crippen LogP contribution is -2.42. The van der Waals surface area contributed by atoms with E-state index < -0.39 is 6.17 Å². The number of nitrogens with zero attached hydrogens (tertiary/aromatic N) is 1. The van der Waals surface area contributed by atoms with Crippen LogP contribution >= 0.6 is 0 Å². The fraction of sp³-hybridized carbons (Fsp3) is 1.00. The van der Waals surface area contributed by atoms with Gasteiger partial charge in [0.2, 0.25) is 0 Å². The molecule has 14 heavy (non-hydrogen) atoms. The number of ether oxygens (including phenoxy) is 1. The van der Waals surface area contributed by atoms with Crippen LogP contribution in [0.4, 0.5) is 4.39 Å². The van der Waals surface area contributed by atoms with Crippen LogP contribution in [0.2, 0.25) is 0 Å². The van der Waals surface area contributed by atoms with Crippen molar-refractivity contribution < 1.29 is 9.13 Å². The van der Waals surface area contributed by atoms with Crippen LogP contribution in [0.1, 0.15) is 32.6 Å². The summed E-state index contributed by atoms with van der Waals surface area (Å²) in [6.07, 6.45) is 3.45. The summed E-state index contributed by atoms with van der Waals surface area (Å²) in [6.45, 7) is 5.36. The zero-order chi connectivity index (χ0) is 10.0. The van der Waals surface area contributed by atoms with Gasteiger partial charge >= 0.3 is 0 Å². The van der Waals surface area contributed by atoms with Crippen molar-refractivity contribution in [3.63, 3.8) is 0 Å². The van der Waals surface area contributed by atoms with Crippen LogP contribution in [-0.4, -0.2) is 42.9 Å². The summed E-state index contributed by atoms with van der Waals surface area (Å²) >= 11 is 0. The highest BCUT2D eigenvalue weighted by atomic mass is 19.1. The molecule has 2 nitrogen and oxygen atoms in total. The summed E-state index contributed by atoms with van der Waals surface area (Å²) in [5, 5.41) is 0. The van der Waals surface area contributed by atoms with Gasteiger partial charge in [0.25, 0.3) is 0 Å². The molecule has 3 heteroatoms. The van der Waals surface area contributed by atoms with E-state index in [1.165, 1.54) is 6.42 Å². The van der Waals surface area contributed by atoms with Gasteiger partial charge in [-0.1, -0.05) is 6.92 Å². The van der Waals surface area contributed by atoms with E-state index in [4.69, 9.17) is 4.74 Å². The number of hydrogen-bond acceptors (Lipinski definition) is 2. The molecule has 2 heterocycles. The first-order chi connectivity index (χ1) is 6.77. The van der Waals surface area contributed by atoms with Crippen molar-refractivity contribution in [1.82, 2.24) is 4.90 Å². The summed E-state index contributed by atoms with van der Waals surface area (Å²) in [7, 11) is 0. The zero-order valence-corrected chi connectivity index (χ0v) is 8.97. The maximum atomic E-state index is 13.3. The molecule has 0 aromatic carbocycles. The summed E-state index contributed by atoms with van der Waals surface area (Å²) in [4.78, 5) is 2.30. The summed E-state index contributed by atoms with van der Waals surface area (Å²) in [5.74, 6) is 0. The molecular weight excluding hydrogens is 181 g/mol. The maximum absolute atomic E-state index is 13.3. The van der Waals surface area contributed by atoms with Crippen LogP contribution in [0.3, 0.4) is 0 Å². The van der Waals surface area contributed by atoms with E-state index in [2.05, 4.69) is 11.8 Å². The molecule has 0 spiro atoms. The van der Waals surface area contributed by atoms with Crippen LogP contribution in [0.25, 0.3) is 0 Å². The molecule has 0 aromatic rings. The van der Waals surface area contributed by atoms with Gasteiger partial charge in [0.15, 0.2) is 0 Å². The summed E-state index contributed by atoms with van der Waals surface area (Å²) in [5.41, 5.74) is 0.0641. The third-order valence-corrected chi connectivity index (χ3v) is 3.48. The molecule has 2 atom stereocenters. The van der Waals surface area contributed by atoms with Gasteiger partial charge in [-0.3, -0.25) is 4.90 Å². The third kappa shape index (κ3) is 1.80. The molecule has 2 rings (SSSR count). The smallest absolute Gasteiger partial charge is 0.115 e. The molecular formula is C11H20FNO. The SMILES string of the molecule is CCCOC[C@@]12CCCN1C[C@@H](F)C2. The van der Waals surface area contributed by atoms with Crippen LogP contribution in [0.5, 0.6) is 0 Å². The monoisotopic (exact) mass is 201 g/mol. The van der Waals surface area contributed by atoms with E-state index in [0.717, 1.165) is 32.6 Å². The highest BCUT2D eigenvalue weighted by Crippen LogP contribution is 2.40. The van der Waals surface area contributed by atoms with E-state index in [1.54, 1.807) is 0 Å². The van der Waals surface area contributed by atoms with Gasteiger partial charge in [-0.05, 0) is 25.8 Å². The highest BCUT2D eigenvalue weighted by Gasteiger charge is 2.48. The number of halogens is 1. The van der Waals surface area contributed by atoms with Gasteiger partial charge in [-0.15, -0.1) is 0 Å². The molecule has 2 aliphatic heterocycles. The lowest BCUT2D eigenvalue weighted by atomic mass is 9.95. The first kappa shape index (κ1) is 10.4. The van der Waals surface area contributed by atoms with E-state index >= 15 is 0 Å². The van der Waals surface area contributed by atoms with Crippen molar-refractivity contribution in [3.05, 3.63) is 0 Å². The van der Waals surface area contributed by atoms with Crippen molar-refractivity contribution >= 4 is 0 Å².